The lowest BCUT2D eigenvalue weighted by molar-refractivity contribution is -0.116. The summed E-state index contributed by atoms with van der Waals surface area (Å²) in [7, 11) is 0. The number of hydrogen-bond acceptors (Lipinski definition) is 3. The number of halogens is 2. The zero-order valence-electron chi connectivity index (χ0n) is 15.7. The molecule has 0 spiro atoms. The molecule has 1 amide bonds. The average molecular weight is 406 g/mol. The average Bonchev–Trinajstić information content (AvgIpc) is 3.00. The third-order valence-electron chi connectivity index (χ3n) is 4.45. The van der Waals surface area contributed by atoms with E-state index in [1.54, 1.807) is 4.68 Å². The van der Waals surface area contributed by atoms with Gasteiger partial charge in [-0.05, 0) is 45.4 Å². The van der Waals surface area contributed by atoms with Gasteiger partial charge in [0.25, 0.3) is 0 Å². The number of carbonyl (C=O) groups excluding carboxylic acids is 1. The Hall–Kier alpha value is -2.31. The molecule has 0 saturated carbocycles. The Morgan fingerprint density at radius 1 is 1.04 bits per heavy atom. The summed E-state index contributed by atoms with van der Waals surface area (Å²) in [4.78, 5) is 12.5. The molecule has 3 aromatic rings. The second kappa shape index (κ2) is 7.74. The second-order valence-electron chi connectivity index (χ2n) is 6.52. The van der Waals surface area contributed by atoms with Crippen LogP contribution in [0.4, 0.5) is 5.69 Å². The smallest absolute Gasteiger partial charge is 0.246 e. The first-order valence-electron chi connectivity index (χ1n) is 8.54. The Bertz CT molecular complexity index is 1010. The minimum absolute atomic E-state index is 0.0950. The molecule has 1 N–H and O–H groups in total. The van der Waals surface area contributed by atoms with Crippen LogP contribution < -0.4 is 5.32 Å². The second-order valence-corrected chi connectivity index (χ2v) is 7.34. The number of amides is 1. The van der Waals surface area contributed by atoms with Crippen molar-refractivity contribution in [2.75, 3.05) is 5.32 Å². The molecular weight excluding hydrogens is 385 g/mol. The third-order valence-corrected chi connectivity index (χ3v) is 5.24. The van der Waals surface area contributed by atoms with E-state index in [0.717, 1.165) is 28.3 Å². The SMILES string of the molecule is Cc1nn(CC(=O)Nc2c(C)nn(Cc3cccc(Cl)c3)c2C)c(C)c1Cl. The molecule has 0 unspecified atom stereocenters. The van der Waals surface area contributed by atoms with Crippen LogP contribution in [0.5, 0.6) is 0 Å². The molecule has 8 heteroatoms. The fourth-order valence-electron chi connectivity index (χ4n) is 2.98. The number of benzene rings is 1. The quantitative estimate of drug-likeness (QED) is 0.687. The van der Waals surface area contributed by atoms with Gasteiger partial charge in [0.15, 0.2) is 0 Å². The highest BCUT2D eigenvalue weighted by Crippen LogP contribution is 2.22. The summed E-state index contributed by atoms with van der Waals surface area (Å²) >= 11 is 12.2. The van der Waals surface area contributed by atoms with Gasteiger partial charge in [-0.25, -0.2) is 0 Å². The van der Waals surface area contributed by atoms with E-state index >= 15 is 0 Å². The van der Waals surface area contributed by atoms with Crippen molar-refractivity contribution < 1.29 is 4.79 Å². The normalized spacial score (nSPS) is 11.0. The maximum Gasteiger partial charge on any atom is 0.246 e. The lowest BCUT2D eigenvalue weighted by Gasteiger charge is -2.08. The van der Waals surface area contributed by atoms with E-state index in [1.807, 2.05) is 56.6 Å². The van der Waals surface area contributed by atoms with Crippen LogP contribution in [0.25, 0.3) is 0 Å². The number of nitrogens with zero attached hydrogens (tertiary/aromatic N) is 4. The molecule has 0 bridgehead atoms. The first-order chi connectivity index (χ1) is 12.8. The standard InChI is InChI=1S/C19H21Cl2N5O/c1-11-18(21)13(3)26(23-11)10-17(27)22-19-12(2)24-25(14(19)4)9-15-6-5-7-16(20)8-15/h5-8H,9-10H2,1-4H3,(H,22,27). The topological polar surface area (TPSA) is 64.7 Å². The summed E-state index contributed by atoms with van der Waals surface area (Å²) in [6, 6.07) is 7.64. The first-order valence-corrected chi connectivity index (χ1v) is 9.29. The van der Waals surface area contributed by atoms with Crippen LogP contribution in [0, 0.1) is 27.7 Å². The number of nitrogens with one attached hydrogen (secondary N) is 1. The predicted octanol–water partition coefficient (Wildman–Crippen LogP) is 4.31. The largest absolute Gasteiger partial charge is 0.321 e. The van der Waals surface area contributed by atoms with Crippen LogP contribution in [0.15, 0.2) is 24.3 Å². The van der Waals surface area contributed by atoms with Crippen molar-refractivity contribution in [3.63, 3.8) is 0 Å². The molecule has 0 atom stereocenters. The highest BCUT2D eigenvalue weighted by atomic mass is 35.5. The van der Waals surface area contributed by atoms with Crippen LogP contribution in [0.3, 0.4) is 0 Å². The molecule has 27 heavy (non-hydrogen) atoms. The molecule has 2 heterocycles. The lowest BCUT2D eigenvalue weighted by atomic mass is 10.2. The van der Waals surface area contributed by atoms with Gasteiger partial charge in [0.2, 0.25) is 5.91 Å². The van der Waals surface area contributed by atoms with Crippen LogP contribution >= 0.6 is 23.2 Å². The summed E-state index contributed by atoms with van der Waals surface area (Å²) < 4.78 is 3.46. The highest BCUT2D eigenvalue weighted by molar-refractivity contribution is 6.31. The fraction of sp³-hybridized carbons (Fsp3) is 0.316. The van der Waals surface area contributed by atoms with Crippen molar-refractivity contribution in [2.24, 2.45) is 0 Å². The van der Waals surface area contributed by atoms with Crippen molar-refractivity contribution in [1.29, 1.82) is 0 Å². The monoisotopic (exact) mass is 405 g/mol. The molecule has 142 valence electrons. The Balaban J connectivity index is 1.76. The van der Waals surface area contributed by atoms with Crippen molar-refractivity contribution in [2.45, 2.75) is 40.8 Å². The Morgan fingerprint density at radius 3 is 2.37 bits per heavy atom. The van der Waals surface area contributed by atoms with Gasteiger partial charge in [-0.2, -0.15) is 10.2 Å². The molecule has 0 aliphatic heterocycles. The number of rotatable bonds is 5. The van der Waals surface area contributed by atoms with E-state index < -0.39 is 0 Å². The van der Waals surface area contributed by atoms with E-state index in [9.17, 15) is 4.79 Å². The lowest BCUT2D eigenvalue weighted by Crippen LogP contribution is -2.21. The number of anilines is 1. The zero-order valence-corrected chi connectivity index (χ0v) is 17.2. The van der Waals surface area contributed by atoms with Gasteiger partial charge in [-0.15, -0.1) is 0 Å². The van der Waals surface area contributed by atoms with E-state index in [4.69, 9.17) is 23.2 Å². The van der Waals surface area contributed by atoms with E-state index in [1.165, 1.54) is 0 Å². The van der Waals surface area contributed by atoms with E-state index in [2.05, 4.69) is 15.5 Å². The van der Waals surface area contributed by atoms with E-state index in [-0.39, 0.29) is 12.5 Å². The summed E-state index contributed by atoms with van der Waals surface area (Å²) in [6.45, 7) is 8.14. The molecule has 0 radical (unpaired) electrons. The summed E-state index contributed by atoms with van der Waals surface area (Å²) in [6.07, 6.45) is 0. The van der Waals surface area contributed by atoms with Gasteiger partial charge >= 0.3 is 0 Å². The Labute approximate surface area is 168 Å². The Morgan fingerprint density at radius 2 is 1.74 bits per heavy atom. The number of aryl methyl sites for hydroxylation is 2. The molecule has 0 fully saturated rings. The maximum atomic E-state index is 12.5. The maximum absolute atomic E-state index is 12.5. The molecular formula is C19H21Cl2N5O. The van der Waals surface area contributed by atoms with Gasteiger partial charge in [0, 0.05) is 5.02 Å². The molecule has 3 rings (SSSR count). The van der Waals surface area contributed by atoms with Crippen molar-refractivity contribution >= 4 is 34.8 Å². The van der Waals surface area contributed by atoms with E-state index in [0.29, 0.717) is 22.3 Å². The predicted molar refractivity (Wildman–Crippen MR) is 108 cm³/mol. The third kappa shape index (κ3) is 4.17. The van der Waals surface area contributed by atoms with Gasteiger partial charge < -0.3 is 5.32 Å². The molecule has 0 aliphatic carbocycles. The van der Waals surface area contributed by atoms with Gasteiger partial charge in [0.05, 0.1) is 40.0 Å². The number of carbonyl (C=O) groups is 1. The first kappa shape index (κ1) is 19.5. The van der Waals surface area contributed by atoms with Crippen molar-refractivity contribution in [3.05, 3.63) is 62.6 Å². The minimum atomic E-state index is -0.175. The fourth-order valence-corrected chi connectivity index (χ4v) is 3.33. The van der Waals surface area contributed by atoms with Gasteiger partial charge in [0.1, 0.15) is 6.54 Å². The van der Waals surface area contributed by atoms with Crippen LogP contribution in [-0.4, -0.2) is 25.5 Å². The molecule has 0 aliphatic rings. The van der Waals surface area contributed by atoms with Gasteiger partial charge in [-0.3, -0.25) is 14.2 Å². The number of aromatic nitrogens is 4. The molecule has 0 saturated heterocycles. The van der Waals surface area contributed by atoms with Gasteiger partial charge in [-0.1, -0.05) is 35.3 Å². The summed E-state index contributed by atoms with van der Waals surface area (Å²) in [5.41, 5.74) is 4.89. The molecule has 1 aromatic carbocycles. The summed E-state index contributed by atoms with van der Waals surface area (Å²) in [5, 5.41) is 13.1. The van der Waals surface area contributed by atoms with Crippen LogP contribution in [0.1, 0.15) is 28.3 Å². The van der Waals surface area contributed by atoms with Crippen molar-refractivity contribution in [1.82, 2.24) is 19.6 Å². The Kier molecular flexibility index (Phi) is 5.58. The molecule has 6 nitrogen and oxygen atoms in total. The number of hydrogen-bond donors (Lipinski definition) is 1. The summed E-state index contributed by atoms with van der Waals surface area (Å²) in [5.74, 6) is -0.175. The van der Waals surface area contributed by atoms with Crippen LogP contribution in [-0.2, 0) is 17.9 Å². The zero-order chi connectivity index (χ0) is 19.7. The molecule has 2 aromatic heterocycles. The van der Waals surface area contributed by atoms with Crippen molar-refractivity contribution in [3.8, 4) is 0 Å². The highest BCUT2D eigenvalue weighted by Gasteiger charge is 2.17. The minimum Gasteiger partial charge on any atom is -0.321 e. The van der Waals surface area contributed by atoms with Crippen LogP contribution in [0.2, 0.25) is 10.0 Å².